The lowest BCUT2D eigenvalue weighted by atomic mass is 9.50. The van der Waals surface area contributed by atoms with Gasteiger partial charge in [0.15, 0.2) is 0 Å². The average molecular weight is 562 g/mol. The summed E-state index contributed by atoms with van der Waals surface area (Å²) in [4.78, 5) is 22.9. The van der Waals surface area contributed by atoms with Gasteiger partial charge in [0, 0.05) is 18.6 Å². The predicted molar refractivity (Wildman–Crippen MR) is 161 cm³/mol. The van der Waals surface area contributed by atoms with Crippen molar-refractivity contribution in [1.82, 2.24) is 0 Å². The van der Waals surface area contributed by atoms with Crippen LogP contribution in [-0.2, 0) is 4.74 Å². The summed E-state index contributed by atoms with van der Waals surface area (Å²) in [6.45, 7) is 14.4. The maximum Gasteiger partial charge on any atom is 0.514 e. The third-order valence-corrected chi connectivity index (χ3v) is 11.5. The molecule has 222 valence electrons. The van der Waals surface area contributed by atoms with Gasteiger partial charge in [-0.3, -0.25) is 10.1 Å². The number of benzene rings is 1. The zero-order chi connectivity index (χ0) is 29.5. The van der Waals surface area contributed by atoms with Crippen LogP contribution < -0.4 is 4.74 Å². The summed E-state index contributed by atoms with van der Waals surface area (Å²) in [7, 11) is 0. The second kappa shape index (κ2) is 11.4. The van der Waals surface area contributed by atoms with E-state index in [1.807, 2.05) is 0 Å². The van der Waals surface area contributed by atoms with Crippen LogP contribution in [0.3, 0.4) is 0 Å². The first-order valence-electron chi connectivity index (χ1n) is 15.6. The number of carbonyl (C=O) groups excluding carboxylic acids is 1. The highest BCUT2D eigenvalue weighted by molar-refractivity contribution is 5.64. The maximum atomic E-state index is 12.5. The minimum absolute atomic E-state index is 0.0484. The van der Waals surface area contributed by atoms with Gasteiger partial charge in [-0.05, 0) is 97.0 Å². The molecule has 0 N–H and O–H groups in total. The largest absolute Gasteiger partial charge is 0.514 e. The standard InChI is InChI=1S/C35H47NO5/c1-22(2)23(3)7-8-24(4)30-15-16-31-29-14-9-25-21-28(17-19-34(25,5)32(29)18-20-35(30,31)6)41-33(37)40-27-12-10-26(11-13-27)36(38)39/h7-14,22-24,28,30-32H,15-21H2,1-6H3/t23-,24+,28-,30+,31-,32-,34-,35+/m0/s1. The highest BCUT2D eigenvalue weighted by Gasteiger charge is 2.57. The smallest absolute Gasteiger partial charge is 0.430 e. The fourth-order valence-corrected chi connectivity index (χ4v) is 8.57. The second-order valence-corrected chi connectivity index (χ2v) is 14.0. The van der Waals surface area contributed by atoms with Crippen LogP contribution in [0.5, 0.6) is 5.75 Å². The molecule has 0 aromatic heterocycles. The maximum absolute atomic E-state index is 12.5. The predicted octanol–water partition coefficient (Wildman–Crippen LogP) is 9.46. The highest BCUT2D eigenvalue weighted by atomic mass is 16.7. The Kier molecular flexibility index (Phi) is 8.24. The molecule has 0 bridgehead atoms. The molecule has 5 rings (SSSR count). The summed E-state index contributed by atoms with van der Waals surface area (Å²) in [5.74, 6) is 4.09. The molecule has 0 heterocycles. The lowest BCUT2D eigenvalue weighted by Crippen LogP contribution is -2.46. The van der Waals surface area contributed by atoms with Gasteiger partial charge in [0.05, 0.1) is 4.92 Å². The molecule has 8 atom stereocenters. The monoisotopic (exact) mass is 561 g/mol. The molecular weight excluding hydrogens is 514 g/mol. The van der Waals surface area contributed by atoms with Crippen LogP contribution in [0.2, 0.25) is 0 Å². The molecule has 0 aliphatic heterocycles. The molecule has 0 radical (unpaired) electrons. The van der Waals surface area contributed by atoms with E-state index < -0.39 is 11.1 Å². The van der Waals surface area contributed by atoms with Crippen LogP contribution in [0.25, 0.3) is 0 Å². The average Bonchev–Trinajstić information content (AvgIpc) is 3.29. The van der Waals surface area contributed by atoms with Gasteiger partial charge in [-0.25, -0.2) is 4.79 Å². The van der Waals surface area contributed by atoms with E-state index in [-0.39, 0.29) is 23.0 Å². The van der Waals surface area contributed by atoms with Gasteiger partial charge in [-0.1, -0.05) is 77.0 Å². The van der Waals surface area contributed by atoms with Crippen molar-refractivity contribution in [1.29, 1.82) is 0 Å². The number of allylic oxidation sites excluding steroid dienone is 5. The summed E-state index contributed by atoms with van der Waals surface area (Å²) >= 11 is 0. The Hall–Kier alpha value is -2.89. The van der Waals surface area contributed by atoms with Gasteiger partial charge in [0.2, 0.25) is 0 Å². The number of non-ortho nitro benzene ring substituents is 1. The third kappa shape index (κ3) is 5.63. The molecule has 6 heteroatoms. The quantitative estimate of drug-likeness (QED) is 0.109. The summed E-state index contributed by atoms with van der Waals surface area (Å²) in [6, 6.07) is 5.47. The lowest BCUT2D eigenvalue weighted by Gasteiger charge is -2.55. The van der Waals surface area contributed by atoms with E-state index in [9.17, 15) is 14.9 Å². The molecule has 1 aromatic carbocycles. The minimum atomic E-state index is -0.753. The topological polar surface area (TPSA) is 78.7 Å². The Bertz CT molecular complexity index is 1250. The van der Waals surface area contributed by atoms with E-state index in [0.29, 0.717) is 35.0 Å². The number of fused-ring (bicyclic) bond motifs is 5. The highest BCUT2D eigenvalue weighted by Crippen LogP contribution is 2.66. The van der Waals surface area contributed by atoms with E-state index in [0.717, 1.165) is 25.2 Å². The molecule has 1 aromatic rings. The molecular formula is C35H47NO5. The van der Waals surface area contributed by atoms with Gasteiger partial charge < -0.3 is 9.47 Å². The zero-order valence-electron chi connectivity index (χ0n) is 25.6. The van der Waals surface area contributed by atoms with E-state index >= 15 is 0 Å². The van der Waals surface area contributed by atoms with Crippen LogP contribution in [0.15, 0.2) is 59.7 Å². The van der Waals surface area contributed by atoms with Crippen molar-refractivity contribution in [2.45, 2.75) is 92.6 Å². The Labute approximate surface area is 245 Å². The number of nitrogens with zero attached hydrogens (tertiary/aromatic N) is 1. The van der Waals surface area contributed by atoms with Crippen molar-refractivity contribution in [2.75, 3.05) is 0 Å². The Balaban J connectivity index is 1.25. The lowest BCUT2D eigenvalue weighted by molar-refractivity contribution is -0.384. The van der Waals surface area contributed by atoms with Crippen molar-refractivity contribution in [3.63, 3.8) is 0 Å². The van der Waals surface area contributed by atoms with Gasteiger partial charge in [-0.2, -0.15) is 0 Å². The SMILES string of the molecule is CC(C)[C@@H](C)C=C[C@@H](C)[C@H]1CC[C@H]2C3=CC=C4C[C@@H](OC(=O)Oc5ccc([N+](=O)[O-])cc5)CC[C@]4(C)[C@H]3CC[C@]12C. The fourth-order valence-electron chi connectivity index (χ4n) is 8.57. The van der Waals surface area contributed by atoms with Crippen molar-refractivity contribution < 1.29 is 19.2 Å². The van der Waals surface area contributed by atoms with E-state index in [2.05, 4.69) is 65.8 Å². The number of hydrogen-bond donors (Lipinski definition) is 0. The van der Waals surface area contributed by atoms with Crippen molar-refractivity contribution in [3.8, 4) is 5.75 Å². The molecule has 3 fully saturated rings. The third-order valence-electron chi connectivity index (χ3n) is 11.5. The summed E-state index contributed by atoms with van der Waals surface area (Å²) in [5.41, 5.74) is 3.49. The second-order valence-electron chi connectivity index (χ2n) is 14.0. The fraction of sp³-hybridized carbons (Fsp3) is 0.629. The molecule has 4 aliphatic rings. The number of rotatable bonds is 7. The number of ether oxygens (including phenoxy) is 2. The summed E-state index contributed by atoms with van der Waals surface area (Å²) < 4.78 is 11.0. The molecule has 0 spiro atoms. The minimum Gasteiger partial charge on any atom is -0.430 e. The van der Waals surface area contributed by atoms with Crippen molar-refractivity contribution in [2.24, 2.45) is 46.3 Å². The molecule has 3 saturated carbocycles. The normalized spacial score (nSPS) is 34.1. The first kappa shape index (κ1) is 29.6. The molecule has 41 heavy (non-hydrogen) atoms. The Morgan fingerprint density at radius 1 is 0.976 bits per heavy atom. The molecule has 6 nitrogen and oxygen atoms in total. The van der Waals surface area contributed by atoms with E-state index in [4.69, 9.17) is 9.47 Å². The van der Waals surface area contributed by atoms with Crippen LogP contribution in [0.1, 0.15) is 86.5 Å². The van der Waals surface area contributed by atoms with Gasteiger partial charge in [-0.15, -0.1) is 0 Å². The summed E-state index contributed by atoms with van der Waals surface area (Å²) in [5, 5.41) is 10.9. The van der Waals surface area contributed by atoms with Crippen LogP contribution in [-0.4, -0.2) is 17.2 Å². The molecule has 0 amide bonds. The first-order chi connectivity index (χ1) is 19.4. The number of hydrogen-bond acceptors (Lipinski definition) is 5. The number of nitro benzene ring substituents is 1. The van der Waals surface area contributed by atoms with Gasteiger partial charge >= 0.3 is 6.16 Å². The zero-order valence-corrected chi connectivity index (χ0v) is 25.6. The van der Waals surface area contributed by atoms with Crippen molar-refractivity contribution >= 4 is 11.8 Å². The van der Waals surface area contributed by atoms with Gasteiger partial charge in [0.25, 0.3) is 5.69 Å². The summed E-state index contributed by atoms with van der Waals surface area (Å²) in [6.07, 6.45) is 16.4. The van der Waals surface area contributed by atoms with Gasteiger partial charge in [0.1, 0.15) is 11.9 Å². The van der Waals surface area contributed by atoms with E-state index in [1.54, 1.807) is 5.57 Å². The molecule has 0 unspecified atom stereocenters. The molecule has 0 saturated heterocycles. The van der Waals surface area contributed by atoms with Crippen LogP contribution in [0, 0.1) is 56.5 Å². The van der Waals surface area contributed by atoms with E-state index in [1.165, 1.54) is 55.5 Å². The van der Waals surface area contributed by atoms with Crippen LogP contribution >= 0.6 is 0 Å². The molecule has 4 aliphatic carbocycles. The Morgan fingerprint density at radius 2 is 1.71 bits per heavy atom. The Morgan fingerprint density at radius 3 is 2.39 bits per heavy atom. The number of nitro groups is 1. The van der Waals surface area contributed by atoms with Crippen molar-refractivity contribution in [3.05, 3.63) is 69.8 Å². The number of carbonyl (C=O) groups is 1. The first-order valence-corrected chi connectivity index (χ1v) is 15.6. The van der Waals surface area contributed by atoms with Crippen LogP contribution in [0.4, 0.5) is 10.5 Å².